The number of ether oxygens (including phenoxy) is 1. The van der Waals surface area contributed by atoms with Gasteiger partial charge in [0.25, 0.3) is 0 Å². The number of hydrogen-bond donors (Lipinski definition) is 1. The molecule has 1 unspecified atom stereocenters. The van der Waals surface area contributed by atoms with Gasteiger partial charge < -0.3 is 9.84 Å². The predicted molar refractivity (Wildman–Crippen MR) is 119 cm³/mol. The van der Waals surface area contributed by atoms with Gasteiger partial charge in [0.05, 0.1) is 10.7 Å². The van der Waals surface area contributed by atoms with E-state index in [0.717, 1.165) is 0 Å². The van der Waals surface area contributed by atoms with Gasteiger partial charge in [-0.25, -0.2) is 4.39 Å². The molecule has 3 nitrogen and oxygen atoms in total. The van der Waals surface area contributed by atoms with Gasteiger partial charge in [0, 0.05) is 22.2 Å². The second-order valence-corrected chi connectivity index (χ2v) is 8.20. The van der Waals surface area contributed by atoms with Crippen LogP contribution in [0.1, 0.15) is 5.56 Å². The Morgan fingerprint density at radius 1 is 0.879 bits per heavy atom. The Balaban J connectivity index is 1.68. The van der Waals surface area contributed by atoms with Crippen LogP contribution in [0.5, 0.6) is 5.75 Å². The molecule has 1 atom stereocenters. The fraction of sp³-hybridized carbons (Fsp3) is 0.125. The molecule has 1 heterocycles. The number of nitrogens with zero attached hydrogens (tertiary/aromatic N) is 1. The maximum absolute atomic E-state index is 13.9. The van der Waals surface area contributed by atoms with Crippen molar-refractivity contribution in [1.29, 1.82) is 0 Å². The second-order valence-electron chi connectivity index (χ2n) is 7.36. The van der Waals surface area contributed by atoms with Crippen LogP contribution < -0.4 is 4.74 Å². The lowest BCUT2D eigenvalue weighted by Crippen LogP contribution is -2.47. The number of alkyl halides is 3. The zero-order valence-corrected chi connectivity index (χ0v) is 18.2. The van der Waals surface area contributed by atoms with Gasteiger partial charge >= 0.3 is 6.18 Å². The molecule has 4 rings (SSSR count). The van der Waals surface area contributed by atoms with Gasteiger partial charge in [0.15, 0.2) is 0 Å². The second kappa shape index (κ2) is 8.82. The summed E-state index contributed by atoms with van der Waals surface area (Å²) in [5, 5.41) is 12.0. The van der Waals surface area contributed by atoms with Crippen LogP contribution >= 0.6 is 23.2 Å². The van der Waals surface area contributed by atoms with Crippen molar-refractivity contribution in [1.82, 2.24) is 4.98 Å². The largest absolute Gasteiger partial charge is 0.488 e. The van der Waals surface area contributed by atoms with Crippen LogP contribution in [0, 0.1) is 5.82 Å². The van der Waals surface area contributed by atoms with Crippen LogP contribution in [0.4, 0.5) is 17.6 Å². The Morgan fingerprint density at radius 3 is 2.27 bits per heavy atom. The average Bonchev–Trinajstić information content (AvgIpc) is 2.77. The van der Waals surface area contributed by atoms with E-state index in [0.29, 0.717) is 27.1 Å². The maximum atomic E-state index is 13.9. The predicted octanol–water partition coefficient (Wildman–Crippen LogP) is 7.18. The van der Waals surface area contributed by atoms with Gasteiger partial charge in [-0.15, -0.1) is 0 Å². The highest BCUT2D eigenvalue weighted by Crippen LogP contribution is 2.41. The summed E-state index contributed by atoms with van der Waals surface area (Å²) < 4.78 is 60.2. The van der Waals surface area contributed by atoms with Crippen molar-refractivity contribution in [3.05, 3.63) is 94.4 Å². The van der Waals surface area contributed by atoms with Gasteiger partial charge in [-0.3, -0.25) is 4.98 Å². The third kappa shape index (κ3) is 4.76. The van der Waals surface area contributed by atoms with Crippen molar-refractivity contribution in [2.24, 2.45) is 0 Å². The minimum absolute atomic E-state index is 0.0167. The van der Waals surface area contributed by atoms with Gasteiger partial charge in [-0.1, -0.05) is 35.3 Å². The average molecular weight is 496 g/mol. The van der Waals surface area contributed by atoms with E-state index >= 15 is 0 Å². The van der Waals surface area contributed by atoms with Crippen LogP contribution in [-0.2, 0) is 5.60 Å². The molecular weight excluding hydrogens is 481 g/mol. The van der Waals surface area contributed by atoms with Crippen LogP contribution in [0.25, 0.3) is 22.0 Å². The zero-order valence-electron chi connectivity index (χ0n) is 16.7. The maximum Gasteiger partial charge on any atom is 0.424 e. The molecule has 1 aromatic heterocycles. The zero-order chi connectivity index (χ0) is 23.8. The molecule has 9 heteroatoms. The van der Waals surface area contributed by atoms with Crippen LogP contribution in [0.15, 0.2) is 72.9 Å². The van der Waals surface area contributed by atoms with Crippen molar-refractivity contribution < 1.29 is 27.4 Å². The molecule has 0 aliphatic heterocycles. The Labute approximate surface area is 196 Å². The highest BCUT2D eigenvalue weighted by Gasteiger charge is 2.56. The molecule has 0 saturated heterocycles. The topological polar surface area (TPSA) is 42.4 Å². The van der Waals surface area contributed by atoms with Gasteiger partial charge in [-0.05, 0) is 65.5 Å². The molecule has 33 heavy (non-hydrogen) atoms. The number of hydrogen-bond acceptors (Lipinski definition) is 3. The molecule has 3 aromatic carbocycles. The van der Waals surface area contributed by atoms with E-state index in [1.54, 1.807) is 18.2 Å². The summed E-state index contributed by atoms with van der Waals surface area (Å²) in [6.07, 6.45) is -3.65. The Hall–Kier alpha value is -2.87. The molecule has 0 aliphatic rings. The monoisotopic (exact) mass is 495 g/mol. The minimum Gasteiger partial charge on any atom is -0.488 e. The van der Waals surface area contributed by atoms with Crippen LogP contribution in [0.2, 0.25) is 10.0 Å². The molecule has 4 aromatic rings. The first-order chi connectivity index (χ1) is 15.6. The fourth-order valence-electron chi connectivity index (χ4n) is 3.28. The SMILES string of the molecule is OC(COc1ccc(Cl)cc1Cl)(c1ccc2cc(-c3ccc(F)cc3)ncc2c1)C(F)(F)F. The highest BCUT2D eigenvalue weighted by atomic mass is 35.5. The third-order valence-corrected chi connectivity index (χ3v) is 5.67. The molecule has 0 aliphatic carbocycles. The molecule has 0 saturated carbocycles. The van der Waals surface area contributed by atoms with Crippen LogP contribution in [0.3, 0.4) is 0 Å². The number of rotatable bonds is 5. The van der Waals surface area contributed by atoms with E-state index in [1.165, 1.54) is 54.7 Å². The summed E-state index contributed by atoms with van der Waals surface area (Å²) in [7, 11) is 0. The van der Waals surface area contributed by atoms with Crippen molar-refractivity contribution >= 4 is 34.0 Å². The number of aromatic nitrogens is 1. The third-order valence-electron chi connectivity index (χ3n) is 5.14. The summed E-state index contributed by atoms with van der Waals surface area (Å²) in [6, 6.07) is 15.3. The quantitative estimate of drug-likeness (QED) is 0.298. The standard InChI is InChI=1S/C24H15Cl2F4NO2/c25-18-5-8-22(20(26)11-18)33-13-23(32,24(28,29)30)17-4-1-15-10-21(31-12-16(15)9-17)14-2-6-19(27)7-3-14/h1-12,32H,13H2. The summed E-state index contributed by atoms with van der Waals surface area (Å²) in [4.78, 5) is 4.26. The lowest BCUT2D eigenvalue weighted by molar-refractivity contribution is -0.275. The molecule has 0 amide bonds. The van der Waals surface area contributed by atoms with Gasteiger partial charge in [0.2, 0.25) is 5.60 Å². The minimum atomic E-state index is -5.04. The molecule has 0 spiro atoms. The number of fused-ring (bicyclic) bond motifs is 1. The first kappa shape index (κ1) is 23.3. The van der Waals surface area contributed by atoms with E-state index in [9.17, 15) is 22.7 Å². The lowest BCUT2D eigenvalue weighted by atomic mass is 9.92. The number of halogens is 6. The molecule has 1 N–H and O–H groups in total. The molecule has 0 fully saturated rings. The van der Waals surface area contributed by atoms with Crippen molar-refractivity contribution in [3.63, 3.8) is 0 Å². The van der Waals surface area contributed by atoms with E-state index < -0.39 is 29.8 Å². The number of benzene rings is 3. The normalized spacial score (nSPS) is 13.7. The van der Waals surface area contributed by atoms with E-state index in [4.69, 9.17) is 27.9 Å². The first-order valence-corrected chi connectivity index (χ1v) is 10.4. The highest BCUT2D eigenvalue weighted by molar-refractivity contribution is 6.35. The molecule has 0 bridgehead atoms. The molecule has 0 radical (unpaired) electrons. The van der Waals surface area contributed by atoms with E-state index in [1.807, 2.05) is 0 Å². The Morgan fingerprint density at radius 2 is 1.61 bits per heavy atom. The number of aliphatic hydroxyl groups is 1. The summed E-state index contributed by atoms with van der Waals surface area (Å²) >= 11 is 11.8. The van der Waals surface area contributed by atoms with Crippen LogP contribution in [-0.4, -0.2) is 22.9 Å². The van der Waals surface area contributed by atoms with Gasteiger partial charge in [0.1, 0.15) is 18.2 Å². The Bertz CT molecular complexity index is 1310. The number of pyridine rings is 1. The summed E-state index contributed by atoms with van der Waals surface area (Å²) in [6.45, 7) is -1.12. The first-order valence-electron chi connectivity index (χ1n) is 9.60. The fourth-order valence-corrected chi connectivity index (χ4v) is 3.74. The molecule has 170 valence electrons. The van der Waals surface area contributed by atoms with E-state index in [2.05, 4.69) is 4.98 Å². The Kier molecular flexibility index (Phi) is 6.22. The smallest absolute Gasteiger partial charge is 0.424 e. The van der Waals surface area contributed by atoms with Crippen molar-refractivity contribution in [3.8, 4) is 17.0 Å². The lowest BCUT2D eigenvalue weighted by Gasteiger charge is -2.31. The van der Waals surface area contributed by atoms with Gasteiger partial charge in [-0.2, -0.15) is 13.2 Å². The van der Waals surface area contributed by atoms with Crippen molar-refractivity contribution in [2.75, 3.05) is 6.61 Å². The van der Waals surface area contributed by atoms with E-state index in [-0.39, 0.29) is 10.8 Å². The molecular formula is C24H15Cl2F4NO2. The summed E-state index contributed by atoms with van der Waals surface area (Å²) in [5.41, 5.74) is -2.53. The summed E-state index contributed by atoms with van der Waals surface area (Å²) in [5.74, 6) is -0.437. The van der Waals surface area contributed by atoms with Crippen molar-refractivity contribution in [2.45, 2.75) is 11.8 Å².